The second-order valence-corrected chi connectivity index (χ2v) is 9.52. The number of hydrogen-bond acceptors (Lipinski definition) is 5. The van der Waals surface area contributed by atoms with Crippen molar-refractivity contribution in [3.63, 3.8) is 0 Å². The van der Waals surface area contributed by atoms with Crippen LogP contribution in [-0.2, 0) is 15.4 Å². The zero-order valence-corrected chi connectivity index (χ0v) is 17.1. The first-order chi connectivity index (χ1) is 14.2. The molecule has 3 rings (SSSR count). The van der Waals surface area contributed by atoms with Crippen LogP contribution in [0.25, 0.3) is 21.7 Å². The Bertz CT molecular complexity index is 1190. The quantitative estimate of drug-likeness (QED) is 0.521. The van der Waals surface area contributed by atoms with Crippen molar-refractivity contribution in [2.75, 3.05) is 6.26 Å². The highest BCUT2D eigenvalue weighted by Crippen LogP contribution is 2.53. The summed E-state index contributed by atoms with van der Waals surface area (Å²) in [6, 6.07) is 12.5. The van der Waals surface area contributed by atoms with Crippen LogP contribution in [0.3, 0.4) is 0 Å². The lowest BCUT2D eigenvalue weighted by atomic mass is 10.0. The molecule has 166 valence electrons. The van der Waals surface area contributed by atoms with Crippen molar-refractivity contribution in [3.8, 4) is 21.7 Å². The average molecular weight is 481 g/mol. The molecule has 0 saturated carbocycles. The first kappa shape index (κ1) is 23.2. The summed E-state index contributed by atoms with van der Waals surface area (Å²) < 4.78 is 105. The molecule has 0 radical (unpaired) electrons. The van der Waals surface area contributed by atoms with Gasteiger partial charge in [-0.05, 0) is 11.6 Å². The molecule has 1 aromatic heterocycles. The molecule has 3 aromatic rings. The minimum atomic E-state index is -6.12. The Hall–Kier alpha value is -2.44. The van der Waals surface area contributed by atoms with E-state index in [9.17, 15) is 39.9 Å². The molecule has 2 aromatic carbocycles. The topological polar surface area (TPSA) is 67.3 Å². The number of alkyl halides is 6. The molecule has 12 heteroatoms. The Morgan fingerprint density at radius 2 is 1.39 bits per heavy atom. The van der Waals surface area contributed by atoms with E-state index in [2.05, 4.69) is 4.98 Å². The van der Waals surface area contributed by atoms with Crippen LogP contribution in [0.15, 0.2) is 59.5 Å². The van der Waals surface area contributed by atoms with Crippen molar-refractivity contribution in [2.45, 2.75) is 22.8 Å². The van der Waals surface area contributed by atoms with E-state index in [-0.39, 0.29) is 32.2 Å². The molecular weight excluding hydrogens is 468 g/mol. The lowest BCUT2D eigenvalue weighted by Gasteiger charge is -2.30. The van der Waals surface area contributed by atoms with E-state index >= 15 is 0 Å². The van der Waals surface area contributed by atoms with E-state index in [1.165, 1.54) is 42.5 Å². The molecule has 31 heavy (non-hydrogen) atoms. The first-order valence-electron chi connectivity index (χ1n) is 8.40. The third-order valence-corrected chi connectivity index (χ3v) is 6.70. The third-order valence-electron chi connectivity index (χ3n) is 4.33. The van der Waals surface area contributed by atoms with Gasteiger partial charge < -0.3 is 5.11 Å². The van der Waals surface area contributed by atoms with Gasteiger partial charge >= 0.3 is 18.0 Å². The van der Waals surface area contributed by atoms with Crippen molar-refractivity contribution >= 4 is 21.2 Å². The number of aliphatic hydroxyl groups is 1. The van der Waals surface area contributed by atoms with Crippen LogP contribution in [0, 0.1) is 0 Å². The molecule has 0 unspecified atom stereocenters. The zero-order chi connectivity index (χ0) is 23.2. The lowest BCUT2D eigenvalue weighted by molar-refractivity contribution is -0.376. The van der Waals surface area contributed by atoms with Crippen LogP contribution in [0.2, 0.25) is 0 Å². The molecule has 0 fully saturated rings. The molecule has 4 nitrogen and oxygen atoms in total. The van der Waals surface area contributed by atoms with Gasteiger partial charge in [-0.2, -0.15) is 26.3 Å². The van der Waals surface area contributed by atoms with E-state index < -0.39 is 38.5 Å². The minimum absolute atomic E-state index is 0.00847. The second-order valence-electron chi connectivity index (χ2n) is 6.54. The van der Waals surface area contributed by atoms with Gasteiger partial charge in [-0.15, -0.1) is 11.3 Å². The largest absolute Gasteiger partial charge is 0.433 e. The van der Waals surface area contributed by atoms with Gasteiger partial charge in [-0.3, -0.25) is 0 Å². The van der Waals surface area contributed by atoms with Crippen LogP contribution >= 0.6 is 11.3 Å². The van der Waals surface area contributed by atoms with E-state index in [1.54, 1.807) is 6.07 Å². The first-order valence-corrected chi connectivity index (χ1v) is 11.1. The minimum Gasteiger partial charge on any atom is -0.368 e. The van der Waals surface area contributed by atoms with E-state index in [0.717, 1.165) is 12.3 Å². The number of aromatic nitrogens is 1. The number of rotatable bonds is 4. The van der Waals surface area contributed by atoms with Gasteiger partial charge in [0, 0.05) is 11.8 Å². The Morgan fingerprint density at radius 3 is 1.90 bits per heavy atom. The number of sulfone groups is 1. The summed E-state index contributed by atoms with van der Waals surface area (Å²) in [6.07, 6.45) is -11.4. The molecule has 1 heterocycles. The third kappa shape index (κ3) is 4.06. The number of thiazole rings is 1. The van der Waals surface area contributed by atoms with Crippen molar-refractivity contribution in [2.24, 2.45) is 0 Å². The predicted octanol–water partition coefficient (Wildman–Crippen LogP) is 5.19. The number of nitrogens with zero attached hydrogens (tertiary/aromatic N) is 1. The normalized spacial score (nSPS) is 13.4. The van der Waals surface area contributed by atoms with Gasteiger partial charge in [-0.1, -0.05) is 48.5 Å². The van der Waals surface area contributed by atoms with Crippen LogP contribution in [0.4, 0.5) is 26.3 Å². The average Bonchev–Trinajstić information content (AvgIpc) is 3.11. The fourth-order valence-electron chi connectivity index (χ4n) is 2.83. The molecule has 0 spiro atoms. The summed E-state index contributed by atoms with van der Waals surface area (Å²) >= 11 is -0.00847. The highest BCUT2D eigenvalue weighted by molar-refractivity contribution is 7.90. The van der Waals surface area contributed by atoms with Crippen LogP contribution in [-0.4, -0.2) is 37.1 Å². The van der Waals surface area contributed by atoms with Crippen molar-refractivity contribution in [3.05, 3.63) is 59.6 Å². The smallest absolute Gasteiger partial charge is 0.368 e. The summed E-state index contributed by atoms with van der Waals surface area (Å²) in [5.74, 6) is 0. The Balaban J connectivity index is 2.41. The fourth-order valence-corrected chi connectivity index (χ4v) is 4.94. The molecule has 1 N–H and O–H groups in total. The fraction of sp³-hybridized carbons (Fsp3) is 0.211. The molecular formula is C19H13F6NO3S2. The van der Waals surface area contributed by atoms with E-state index in [4.69, 9.17) is 0 Å². The van der Waals surface area contributed by atoms with Crippen LogP contribution < -0.4 is 0 Å². The van der Waals surface area contributed by atoms with Crippen LogP contribution in [0.5, 0.6) is 0 Å². The highest BCUT2D eigenvalue weighted by Gasteiger charge is 2.73. The van der Waals surface area contributed by atoms with Gasteiger partial charge in [0.25, 0.3) is 0 Å². The highest BCUT2D eigenvalue weighted by atomic mass is 32.2. The molecule has 0 aliphatic rings. The summed E-state index contributed by atoms with van der Waals surface area (Å²) in [5.41, 5.74) is -5.62. The SMILES string of the molecule is CS(=O)(=O)c1ccccc1-c1nc(C(O)(C(F)(F)F)C(F)(F)F)sc1-c1ccccc1. The van der Waals surface area contributed by atoms with Crippen LogP contribution in [0.1, 0.15) is 5.01 Å². The molecule has 0 aliphatic carbocycles. The Morgan fingerprint density at radius 1 is 0.871 bits per heavy atom. The number of halogens is 6. The molecule has 0 saturated heterocycles. The summed E-state index contributed by atoms with van der Waals surface area (Å²) in [4.78, 5) is 3.02. The predicted molar refractivity (Wildman–Crippen MR) is 102 cm³/mol. The number of benzene rings is 2. The molecule has 0 bridgehead atoms. The number of hydrogen-bond donors (Lipinski definition) is 1. The zero-order valence-electron chi connectivity index (χ0n) is 15.5. The Labute approximate surface area is 176 Å². The van der Waals surface area contributed by atoms with Crippen molar-refractivity contribution in [1.29, 1.82) is 0 Å². The van der Waals surface area contributed by atoms with Gasteiger partial charge in [0.15, 0.2) is 9.84 Å². The summed E-state index contributed by atoms with van der Waals surface area (Å²) in [5, 5.41) is 8.13. The van der Waals surface area contributed by atoms with Gasteiger partial charge in [0.05, 0.1) is 15.5 Å². The van der Waals surface area contributed by atoms with Gasteiger partial charge in [-0.25, -0.2) is 13.4 Å². The summed E-state index contributed by atoms with van der Waals surface area (Å²) in [6.45, 7) is 0. The molecule has 0 atom stereocenters. The van der Waals surface area contributed by atoms with E-state index in [0.29, 0.717) is 0 Å². The maximum atomic E-state index is 13.4. The molecule has 0 amide bonds. The van der Waals surface area contributed by atoms with Crippen molar-refractivity contribution in [1.82, 2.24) is 4.98 Å². The second kappa shape index (κ2) is 7.61. The lowest BCUT2D eigenvalue weighted by Crippen LogP contribution is -2.53. The van der Waals surface area contributed by atoms with Gasteiger partial charge in [0.1, 0.15) is 5.01 Å². The standard InChI is InChI=1S/C19H13F6NO3S2/c1-31(28,29)13-10-6-5-9-12(13)14-15(11-7-3-2-4-8-11)30-16(26-14)17(27,18(20,21)22)19(23,24)25/h2-10,27H,1H3. The Kier molecular flexibility index (Phi) is 5.70. The maximum Gasteiger partial charge on any atom is 0.433 e. The monoisotopic (exact) mass is 481 g/mol. The maximum absolute atomic E-state index is 13.4. The summed E-state index contributed by atoms with van der Waals surface area (Å²) in [7, 11) is -3.91. The van der Waals surface area contributed by atoms with Crippen molar-refractivity contribution < 1.29 is 39.9 Å². The molecule has 0 aliphatic heterocycles. The van der Waals surface area contributed by atoms with Gasteiger partial charge in [0.2, 0.25) is 0 Å². The van der Waals surface area contributed by atoms with E-state index in [1.807, 2.05) is 0 Å².